The zero-order valence-corrected chi connectivity index (χ0v) is 21.5. The topological polar surface area (TPSA) is 89.6 Å². The smallest absolute Gasteiger partial charge is 0.243 e. The number of piperazine rings is 1. The number of anilines is 1. The Kier molecular flexibility index (Phi) is 7.36. The van der Waals surface area contributed by atoms with Crippen LogP contribution in [0.15, 0.2) is 48.5 Å². The van der Waals surface area contributed by atoms with Crippen LogP contribution in [-0.4, -0.2) is 78.5 Å². The molecule has 4 aromatic rings. The molecule has 0 bridgehead atoms. The molecule has 1 fully saturated rings. The first-order valence-electron chi connectivity index (χ1n) is 12.0. The molecule has 0 amide bonds. The minimum absolute atomic E-state index is 0.237. The van der Waals surface area contributed by atoms with Gasteiger partial charge in [0.15, 0.2) is 0 Å². The molecular weight excluding hydrogens is 495 g/mol. The number of nitrogens with zero attached hydrogens (tertiary/aromatic N) is 5. The van der Waals surface area contributed by atoms with Crippen LogP contribution in [0, 0.1) is 5.82 Å². The molecule has 0 atom stereocenters. The van der Waals surface area contributed by atoms with Crippen molar-refractivity contribution in [2.75, 3.05) is 59.2 Å². The number of rotatable bonds is 7. The van der Waals surface area contributed by atoms with Gasteiger partial charge >= 0.3 is 0 Å². The number of pyridine rings is 1. The highest BCUT2D eigenvalue weighted by atomic mass is 35.5. The zero-order chi connectivity index (χ0) is 25.9. The fourth-order valence-corrected chi connectivity index (χ4v) is 4.51. The van der Waals surface area contributed by atoms with Gasteiger partial charge in [-0.25, -0.2) is 9.37 Å². The average Bonchev–Trinajstić information content (AvgIpc) is 2.91. The van der Waals surface area contributed by atoms with Gasteiger partial charge in [0.25, 0.3) is 0 Å². The Bertz CT molecular complexity index is 1430. The molecule has 1 aliphatic heterocycles. The van der Waals surface area contributed by atoms with Crippen molar-refractivity contribution in [2.45, 2.75) is 0 Å². The Morgan fingerprint density at radius 2 is 1.78 bits per heavy atom. The van der Waals surface area contributed by atoms with E-state index in [1.165, 1.54) is 18.2 Å². The maximum absolute atomic E-state index is 14.7. The first-order valence-corrected chi connectivity index (χ1v) is 12.4. The lowest BCUT2D eigenvalue weighted by Crippen LogP contribution is -2.45. The molecule has 0 unspecified atom stereocenters. The Morgan fingerprint density at radius 1 is 0.973 bits per heavy atom. The van der Waals surface area contributed by atoms with E-state index in [4.69, 9.17) is 31.8 Å². The van der Waals surface area contributed by atoms with E-state index in [1.807, 2.05) is 18.2 Å². The van der Waals surface area contributed by atoms with Crippen molar-refractivity contribution in [1.29, 1.82) is 0 Å². The van der Waals surface area contributed by atoms with Crippen molar-refractivity contribution in [3.05, 3.63) is 59.4 Å². The van der Waals surface area contributed by atoms with Crippen molar-refractivity contribution in [3.8, 4) is 34.1 Å². The molecule has 2 aromatic heterocycles. The molecule has 10 heteroatoms. The third-order valence-electron chi connectivity index (χ3n) is 6.53. The van der Waals surface area contributed by atoms with Crippen LogP contribution in [0.1, 0.15) is 0 Å². The van der Waals surface area contributed by atoms with Gasteiger partial charge in [0, 0.05) is 60.4 Å². The van der Waals surface area contributed by atoms with E-state index in [0.29, 0.717) is 51.4 Å². The SMILES string of the molecule is COc1ccc2c(N)cc(-c3cc(-c4cc(Cl)ccc4F)nnc3OCCN3CCN(C)CC3)nc2c1. The lowest BCUT2D eigenvalue weighted by Gasteiger charge is -2.32. The first-order chi connectivity index (χ1) is 17.9. The van der Waals surface area contributed by atoms with Crippen molar-refractivity contribution < 1.29 is 13.9 Å². The van der Waals surface area contributed by atoms with Crippen molar-refractivity contribution in [2.24, 2.45) is 0 Å². The molecule has 0 aliphatic carbocycles. The molecule has 1 aliphatic rings. The maximum atomic E-state index is 14.7. The Balaban J connectivity index is 1.53. The van der Waals surface area contributed by atoms with Crippen LogP contribution in [0.25, 0.3) is 33.4 Å². The highest BCUT2D eigenvalue weighted by Gasteiger charge is 2.19. The second-order valence-electron chi connectivity index (χ2n) is 9.05. The summed E-state index contributed by atoms with van der Waals surface area (Å²) in [5.74, 6) is 0.508. The third kappa shape index (κ3) is 5.58. The van der Waals surface area contributed by atoms with Crippen LogP contribution in [-0.2, 0) is 0 Å². The number of nitrogen functional groups attached to an aromatic ring is 1. The number of hydrogen-bond donors (Lipinski definition) is 1. The molecule has 0 spiro atoms. The molecule has 8 nitrogen and oxygen atoms in total. The molecule has 1 saturated heterocycles. The number of fused-ring (bicyclic) bond motifs is 1. The fourth-order valence-electron chi connectivity index (χ4n) is 4.34. The number of likely N-dealkylation sites (N-methyl/N-ethyl adjacent to an activating group) is 1. The summed E-state index contributed by atoms with van der Waals surface area (Å²) in [6.07, 6.45) is 0. The van der Waals surface area contributed by atoms with Gasteiger partial charge in [0.05, 0.1) is 29.6 Å². The fraction of sp³-hybridized carbons (Fsp3) is 0.296. The molecule has 192 valence electrons. The van der Waals surface area contributed by atoms with Gasteiger partial charge < -0.3 is 20.1 Å². The summed E-state index contributed by atoms with van der Waals surface area (Å²) in [5.41, 5.74) is 9.23. The third-order valence-corrected chi connectivity index (χ3v) is 6.77. The van der Waals surface area contributed by atoms with E-state index >= 15 is 0 Å². The summed E-state index contributed by atoms with van der Waals surface area (Å²) in [7, 11) is 3.72. The Hall–Kier alpha value is -3.53. The number of halogens is 2. The minimum atomic E-state index is -0.455. The number of nitrogens with two attached hydrogens (primary N) is 1. The minimum Gasteiger partial charge on any atom is -0.497 e. The van der Waals surface area contributed by atoms with Crippen LogP contribution in [0.5, 0.6) is 11.6 Å². The van der Waals surface area contributed by atoms with E-state index < -0.39 is 5.82 Å². The molecular formula is C27H28ClFN6O2. The average molecular weight is 523 g/mol. The number of aromatic nitrogens is 3. The van der Waals surface area contributed by atoms with Crippen LogP contribution in [0.4, 0.5) is 10.1 Å². The van der Waals surface area contributed by atoms with Gasteiger partial charge in [-0.15, -0.1) is 10.2 Å². The van der Waals surface area contributed by atoms with Gasteiger partial charge in [-0.1, -0.05) is 11.6 Å². The summed E-state index contributed by atoms with van der Waals surface area (Å²) in [5, 5.41) is 9.77. The first kappa shape index (κ1) is 25.1. The molecule has 37 heavy (non-hydrogen) atoms. The van der Waals surface area contributed by atoms with Crippen molar-refractivity contribution in [3.63, 3.8) is 0 Å². The molecule has 2 aromatic carbocycles. The monoisotopic (exact) mass is 522 g/mol. The van der Waals surface area contributed by atoms with Gasteiger partial charge in [-0.2, -0.15) is 0 Å². The summed E-state index contributed by atoms with van der Waals surface area (Å²) < 4.78 is 26.1. The lowest BCUT2D eigenvalue weighted by atomic mass is 10.1. The van der Waals surface area contributed by atoms with Gasteiger partial charge in [-0.3, -0.25) is 4.90 Å². The zero-order valence-electron chi connectivity index (χ0n) is 20.7. The van der Waals surface area contributed by atoms with Gasteiger partial charge in [0.2, 0.25) is 5.88 Å². The molecule has 3 heterocycles. The molecule has 2 N–H and O–H groups in total. The van der Waals surface area contributed by atoms with E-state index in [-0.39, 0.29) is 5.56 Å². The summed E-state index contributed by atoms with van der Waals surface area (Å²) >= 11 is 6.13. The van der Waals surface area contributed by atoms with E-state index in [0.717, 1.165) is 38.1 Å². The van der Waals surface area contributed by atoms with Crippen LogP contribution < -0.4 is 15.2 Å². The van der Waals surface area contributed by atoms with E-state index in [9.17, 15) is 4.39 Å². The largest absolute Gasteiger partial charge is 0.497 e. The molecule has 5 rings (SSSR count). The van der Waals surface area contributed by atoms with Crippen molar-refractivity contribution in [1.82, 2.24) is 25.0 Å². The predicted molar refractivity (Wildman–Crippen MR) is 144 cm³/mol. The standard InChI is InChI=1S/C27H28ClFN6O2/c1-34-7-9-35(10-8-34)11-12-37-27-21(15-26(32-33-27)20-13-17(28)3-6-22(20)29)25-16-23(30)19-5-4-18(36-2)14-24(19)31-25/h3-6,13-16H,7-12H2,1-2H3,(H2,30,31). The maximum Gasteiger partial charge on any atom is 0.243 e. The number of benzene rings is 2. The van der Waals surface area contributed by atoms with Crippen molar-refractivity contribution >= 4 is 28.2 Å². The van der Waals surface area contributed by atoms with Gasteiger partial charge in [0.1, 0.15) is 18.2 Å². The second kappa shape index (κ2) is 10.8. The second-order valence-corrected chi connectivity index (χ2v) is 9.48. The van der Waals surface area contributed by atoms with Gasteiger partial charge in [-0.05, 0) is 49.5 Å². The molecule has 0 saturated carbocycles. The number of hydrogen-bond acceptors (Lipinski definition) is 8. The summed E-state index contributed by atoms with van der Waals surface area (Å²) in [6, 6.07) is 13.3. The quantitative estimate of drug-likeness (QED) is 0.383. The summed E-state index contributed by atoms with van der Waals surface area (Å²) in [4.78, 5) is 9.47. The highest BCUT2D eigenvalue weighted by molar-refractivity contribution is 6.30. The van der Waals surface area contributed by atoms with Crippen LogP contribution in [0.3, 0.4) is 0 Å². The number of methoxy groups -OCH3 is 1. The Labute approximate surface area is 219 Å². The Morgan fingerprint density at radius 3 is 2.57 bits per heavy atom. The predicted octanol–water partition coefficient (Wildman–Crippen LogP) is 4.37. The molecule has 0 radical (unpaired) electrons. The van der Waals surface area contributed by atoms with Crippen LogP contribution in [0.2, 0.25) is 5.02 Å². The van der Waals surface area contributed by atoms with E-state index in [2.05, 4.69) is 27.0 Å². The van der Waals surface area contributed by atoms with E-state index in [1.54, 1.807) is 19.2 Å². The number of ether oxygens (including phenoxy) is 2. The lowest BCUT2D eigenvalue weighted by molar-refractivity contribution is 0.132. The van der Waals surface area contributed by atoms with Crippen LogP contribution >= 0.6 is 11.6 Å². The summed E-state index contributed by atoms with van der Waals surface area (Å²) in [6.45, 7) is 5.19. The normalized spacial score (nSPS) is 14.7. The highest BCUT2D eigenvalue weighted by Crippen LogP contribution is 2.35.